The van der Waals surface area contributed by atoms with E-state index in [1.54, 1.807) is 0 Å². The van der Waals surface area contributed by atoms with Crippen LogP contribution in [0.15, 0.2) is 5.10 Å². The van der Waals surface area contributed by atoms with E-state index in [0.717, 1.165) is 18.9 Å². The van der Waals surface area contributed by atoms with Crippen molar-refractivity contribution >= 4 is 23.0 Å². The van der Waals surface area contributed by atoms with Crippen LogP contribution in [0, 0.1) is 11.8 Å². The average Bonchev–Trinajstić information content (AvgIpc) is 2.12. The zero-order valence-electron chi connectivity index (χ0n) is 8.42. The summed E-state index contributed by atoms with van der Waals surface area (Å²) in [5, 5.41) is 7.84. The number of hydrogen-bond acceptors (Lipinski definition) is 2. The molecule has 2 N–H and O–H groups in total. The molecule has 74 valence electrons. The highest BCUT2D eigenvalue weighted by molar-refractivity contribution is 7.80. The lowest BCUT2D eigenvalue weighted by atomic mass is 9.74. The van der Waals surface area contributed by atoms with Gasteiger partial charge in [-0.3, -0.25) is 5.43 Å². The van der Waals surface area contributed by atoms with Crippen LogP contribution >= 0.6 is 12.2 Å². The number of thiocarbonyl (C=S) groups is 1. The van der Waals surface area contributed by atoms with E-state index >= 15 is 0 Å². The number of nitrogens with one attached hydrogen (secondary N) is 2. The maximum Gasteiger partial charge on any atom is 0.186 e. The van der Waals surface area contributed by atoms with Gasteiger partial charge < -0.3 is 5.32 Å². The van der Waals surface area contributed by atoms with Crippen LogP contribution < -0.4 is 10.7 Å². The topological polar surface area (TPSA) is 36.4 Å². The third-order valence-corrected chi connectivity index (χ3v) is 2.78. The molecule has 13 heavy (non-hydrogen) atoms. The molecule has 2 unspecified atom stereocenters. The molecule has 1 rings (SSSR count). The van der Waals surface area contributed by atoms with E-state index in [9.17, 15) is 0 Å². The Labute approximate surface area is 85.0 Å². The SMILES string of the molecule is CCNC(=S)N/N=C1/CC(C)C1C. The Kier molecular flexibility index (Phi) is 3.66. The van der Waals surface area contributed by atoms with Gasteiger partial charge >= 0.3 is 0 Å². The monoisotopic (exact) mass is 199 g/mol. The van der Waals surface area contributed by atoms with Crippen molar-refractivity contribution < 1.29 is 0 Å². The molecule has 0 heterocycles. The molecule has 0 aliphatic heterocycles. The van der Waals surface area contributed by atoms with Gasteiger partial charge in [0.25, 0.3) is 0 Å². The van der Waals surface area contributed by atoms with Crippen molar-refractivity contribution in [3.63, 3.8) is 0 Å². The number of hydrogen-bond donors (Lipinski definition) is 2. The minimum atomic E-state index is 0.608. The highest BCUT2D eigenvalue weighted by atomic mass is 32.1. The molecule has 0 aromatic rings. The van der Waals surface area contributed by atoms with Gasteiger partial charge in [0, 0.05) is 12.3 Å². The molecule has 0 amide bonds. The molecule has 1 aliphatic rings. The second-order valence-electron chi connectivity index (χ2n) is 3.54. The Morgan fingerprint density at radius 3 is 2.77 bits per heavy atom. The van der Waals surface area contributed by atoms with Gasteiger partial charge in [0.15, 0.2) is 5.11 Å². The first-order valence-electron chi connectivity index (χ1n) is 4.75. The zero-order valence-corrected chi connectivity index (χ0v) is 9.24. The minimum absolute atomic E-state index is 0.608. The van der Waals surface area contributed by atoms with Crippen molar-refractivity contribution in [2.45, 2.75) is 27.2 Å². The quantitative estimate of drug-likeness (QED) is 0.523. The maximum atomic E-state index is 4.98. The third-order valence-electron chi connectivity index (χ3n) is 2.55. The molecule has 0 aromatic heterocycles. The van der Waals surface area contributed by atoms with E-state index in [4.69, 9.17) is 12.2 Å². The van der Waals surface area contributed by atoms with Gasteiger partial charge in [-0.25, -0.2) is 0 Å². The summed E-state index contributed by atoms with van der Waals surface area (Å²) >= 11 is 4.98. The van der Waals surface area contributed by atoms with E-state index in [2.05, 4.69) is 29.7 Å². The fourth-order valence-corrected chi connectivity index (χ4v) is 1.52. The maximum absolute atomic E-state index is 4.98. The highest BCUT2D eigenvalue weighted by Crippen LogP contribution is 2.30. The highest BCUT2D eigenvalue weighted by Gasteiger charge is 2.29. The molecule has 0 saturated heterocycles. The van der Waals surface area contributed by atoms with E-state index in [1.165, 1.54) is 5.71 Å². The molecule has 0 bridgehead atoms. The van der Waals surface area contributed by atoms with Crippen molar-refractivity contribution in [3.05, 3.63) is 0 Å². The fourth-order valence-electron chi connectivity index (χ4n) is 1.33. The molecule has 0 spiro atoms. The first kappa shape index (κ1) is 10.4. The summed E-state index contributed by atoms with van der Waals surface area (Å²) in [4.78, 5) is 0. The predicted octanol–water partition coefficient (Wildman–Crippen LogP) is 1.50. The third kappa shape index (κ3) is 2.66. The number of hydrazone groups is 1. The van der Waals surface area contributed by atoms with Gasteiger partial charge in [-0.1, -0.05) is 13.8 Å². The molecule has 3 nitrogen and oxygen atoms in total. The van der Waals surface area contributed by atoms with E-state index in [0.29, 0.717) is 11.0 Å². The molecular formula is C9H17N3S. The molecule has 1 saturated carbocycles. The normalized spacial score (nSPS) is 29.6. The summed E-state index contributed by atoms with van der Waals surface area (Å²) < 4.78 is 0. The van der Waals surface area contributed by atoms with Crippen LogP contribution in [0.3, 0.4) is 0 Å². The van der Waals surface area contributed by atoms with Crippen LogP contribution in [0.25, 0.3) is 0 Å². The first-order chi connectivity index (χ1) is 6.15. The smallest absolute Gasteiger partial charge is 0.186 e. The van der Waals surface area contributed by atoms with Crippen LogP contribution in [-0.2, 0) is 0 Å². The fraction of sp³-hybridized carbons (Fsp3) is 0.778. The lowest BCUT2D eigenvalue weighted by Crippen LogP contribution is -2.38. The van der Waals surface area contributed by atoms with Crippen LogP contribution in [0.4, 0.5) is 0 Å². The van der Waals surface area contributed by atoms with Gasteiger partial charge in [-0.05, 0) is 37.4 Å². The van der Waals surface area contributed by atoms with Crippen molar-refractivity contribution in [2.24, 2.45) is 16.9 Å². The Morgan fingerprint density at radius 1 is 1.62 bits per heavy atom. The Bertz CT molecular complexity index is 225. The van der Waals surface area contributed by atoms with Crippen molar-refractivity contribution in [1.29, 1.82) is 0 Å². The molecule has 4 heteroatoms. The Hall–Kier alpha value is -0.640. The van der Waals surface area contributed by atoms with E-state index in [1.807, 2.05) is 6.92 Å². The Balaban J connectivity index is 2.29. The summed E-state index contributed by atoms with van der Waals surface area (Å²) in [5.74, 6) is 1.38. The van der Waals surface area contributed by atoms with Gasteiger partial charge in [0.05, 0.1) is 0 Å². The second kappa shape index (κ2) is 4.56. The van der Waals surface area contributed by atoms with Crippen LogP contribution in [0.1, 0.15) is 27.2 Å². The van der Waals surface area contributed by atoms with E-state index < -0.39 is 0 Å². The summed E-state index contributed by atoms with van der Waals surface area (Å²) in [5.41, 5.74) is 4.07. The predicted molar refractivity (Wildman–Crippen MR) is 59.8 cm³/mol. The Morgan fingerprint density at radius 2 is 2.31 bits per heavy atom. The van der Waals surface area contributed by atoms with Crippen LogP contribution in [0.2, 0.25) is 0 Å². The lowest BCUT2D eigenvalue weighted by Gasteiger charge is -2.32. The zero-order chi connectivity index (χ0) is 9.84. The van der Waals surface area contributed by atoms with Crippen molar-refractivity contribution in [1.82, 2.24) is 10.7 Å². The minimum Gasteiger partial charge on any atom is -0.362 e. The summed E-state index contributed by atoms with van der Waals surface area (Å²) in [7, 11) is 0. The van der Waals surface area contributed by atoms with E-state index in [-0.39, 0.29) is 0 Å². The molecule has 0 radical (unpaired) electrons. The first-order valence-corrected chi connectivity index (χ1v) is 5.16. The standard InChI is InChI=1S/C9H17N3S/c1-4-10-9(13)12-11-8-5-6(2)7(8)3/h6-7H,4-5H2,1-3H3,(H2,10,12,13)/b11-8-. The largest absolute Gasteiger partial charge is 0.362 e. The molecule has 0 aromatic carbocycles. The van der Waals surface area contributed by atoms with Gasteiger partial charge in [-0.2, -0.15) is 5.10 Å². The van der Waals surface area contributed by atoms with Crippen molar-refractivity contribution in [2.75, 3.05) is 6.54 Å². The second-order valence-corrected chi connectivity index (χ2v) is 3.95. The summed E-state index contributed by atoms with van der Waals surface area (Å²) in [6, 6.07) is 0. The number of nitrogens with zero attached hydrogens (tertiary/aromatic N) is 1. The molecule has 1 aliphatic carbocycles. The molecule has 2 atom stereocenters. The average molecular weight is 199 g/mol. The van der Waals surface area contributed by atoms with Crippen molar-refractivity contribution in [3.8, 4) is 0 Å². The van der Waals surface area contributed by atoms with Gasteiger partial charge in [0.1, 0.15) is 0 Å². The van der Waals surface area contributed by atoms with Crippen LogP contribution in [-0.4, -0.2) is 17.4 Å². The molecular weight excluding hydrogens is 182 g/mol. The summed E-state index contributed by atoms with van der Waals surface area (Å²) in [6.45, 7) is 7.29. The molecule has 1 fully saturated rings. The summed E-state index contributed by atoms with van der Waals surface area (Å²) in [6.07, 6.45) is 1.10. The van der Waals surface area contributed by atoms with Crippen LogP contribution in [0.5, 0.6) is 0 Å². The van der Waals surface area contributed by atoms with Gasteiger partial charge in [-0.15, -0.1) is 0 Å². The lowest BCUT2D eigenvalue weighted by molar-refractivity contribution is 0.416. The van der Waals surface area contributed by atoms with Gasteiger partial charge in [0.2, 0.25) is 0 Å². The number of rotatable bonds is 2.